The molecule has 2 bridgehead atoms. The topological polar surface area (TPSA) is 111 Å². The van der Waals surface area contributed by atoms with E-state index in [2.05, 4.69) is 16.0 Å². The first-order valence-electron chi connectivity index (χ1n) is 10.9. The van der Waals surface area contributed by atoms with Crippen molar-refractivity contribution in [2.24, 2.45) is 0 Å². The van der Waals surface area contributed by atoms with Gasteiger partial charge in [0.1, 0.15) is 6.04 Å². The van der Waals surface area contributed by atoms with E-state index in [0.29, 0.717) is 43.7 Å². The third kappa shape index (κ3) is 3.64. The molecule has 2 unspecified atom stereocenters. The summed E-state index contributed by atoms with van der Waals surface area (Å²) in [6.45, 7) is 1.55. The lowest BCUT2D eigenvalue weighted by Gasteiger charge is -2.37. The number of nitrogens with one attached hydrogen (secondary N) is 3. The summed E-state index contributed by atoms with van der Waals surface area (Å²) in [6.07, 6.45) is 4.50. The molecule has 0 aliphatic carbocycles. The molecule has 0 aromatic heterocycles. The molecule has 0 radical (unpaired) electrons. The molecule has 1 aromatic carbocycles. The van der Waals surface area contributed by atoms with Crippen molar-refractivity contribution in [1.82, 2.24) is 20.9 Å². The van der Waals surface area contributed by atoms with Crippen LogP contribution in [0.3, 0.4) is 0 Å². The second kappa shape index (κ2) is 7.44. The van der Waals surface area contributed by atoms with Gasteiger partial charge in [-0.3, -0.25) is 19.7 Å². The Bertz CT molecular complexity index is 889. The zero-order valence-electron chi connectivity index (χ0n) is 16.9. The summed E-state index contributed by atoms with van der Waals surface area (Å²) in [4.78, 5) is 37.9. The van der Waals surface area contributed by atoms with Crippen LogP contribution in [-0.2, 0) is 22.7 Å². The Morgan fingerprint density at radius 3 is 2.63 bits per heavy atom. The summed E-state index contributed by atoms with van der Waals surface area (Å²) in [5.41, 5.74) is 1.92. The van der Waals surface area contributed by atoms with Crippen LogP contribution in [0.1, 0.15) is 60.0 Å². The van der Waals surface area contributed by atoms with Crippen LogP contribution in [0.5, 0.6) is 0 Å². The van der Waals surface area contributed by atoms with E-state index in [0.717, 1.165) is 36.8 Å². The largest absolute Gasteiger partial charge is 0.388 e. The van der Waals surface area contributed by atoms with Crippen LogP contribution in [0.2, 0.25) is 0 Å². The number of hydrogen-bond acceptors (Lipinski definition) is 6. The van der Waals surface area contributed by atoms with Crippen LogP contribution in [0.4, 0.5) is 0 Å². The van der Waals surface area contributed by atoms with Crippen molar-refractivity contribution < 1.29 is 19.5 Å². The predicted octanol–water partition coefficient (Wildman–Crippen LogP) is 0.183. The third-order valence-electron chi connectivity index (χ3n) is 6.96. The van der Waals surface area contributed by atoms with Crippen LogP contribution >= 0.6 is 0 Å². The monoisotopic (exact) mass is 412 g/mol. The highest BCUT2D eigenvalue weighted by molar-refractivity contribution is 6.05. The number of hydrogen-bond donors (Lipinski definition) is 4. The number of carbonyl (C=O) groups is 3. The lowest BCUT2D eigenvalue weighted by Crippen LogP contribution is -2.53. The summed E-state index contributed by atoms with van der Waals surface area (Å²) in [5, 5.41) is 20.2. The zero-order chi connectivity index (χ0) is 20.9. The Kier molecular flexibility index (Phi) is 4.88. The normalized spacial score (nSPS) is 33.0. The Morgan fingerprint density at radius 1 is 1.13 bits per heavy atom. The van der Waals surface area contributed by atoms with E-state index < -0.39 is 17.6 Å². The minimum absolute atomic E-state index is 0.154. The van der Waals surface area contributed by atoms with Gasteiger partial charge in [-0.05, 0) is 49.3 Å². The molecule has 1 aromatic rings. The van der Waals surface area contributed by atoms with E-state index in [4.69, 9.17) is 0 Å². The molecule has 4 heterocycles. The maximum absolute atomic E-state index is 12.8. The number of fused-ring (bicyclic) bond motifs is 3. The van der Waals surface area contributed by atoms with Crippen LogP contribution in [0.25, 0.3) is 0 Å². The quantitative estimate of drug-likeness (QED) is 0.514. The molecule has 0 spiro atoms. The van der Waals surface area contributed by atoms with Crippen LogP contribution in [0.15, 0.2) is 18.2 Å². The van der Waals surface area contributed by atoms with Crippen molar-refractivity contribution in [3.05, 3.63) is 34.9 Å². The third-order valence-corrected chi connectivity index (χ3v) is 6.96. The van der Waals surface area contributed by atoms with E-state index in [9.17, 15) is 19.5 Å². The highest BCUT2D eigenvalue weighted by Gasteiger charge is 2.42. The van der Waals surface area contributed by atoms with Gasteiger partial charge in [-0.1, -0.05) is 12.1 Å². The molecule has 4 N–H and O–H groups in total. The molecule has 8 heteroatoms. The number of nitrogens with zero attached hydrogens (tertiary/aromatic N) is 1. The molecule has 3 saturated heterocycles. The number of piperidine rings is 2. The van der Waals surface area contributed by atoms with Gasteiger partial charge >= 0.3 is 0 Å². The summed E-state index contributed by atoms with van der Waals surface area (Å²) in [5.74, 6) is -0.825. The lowest BCUT2D eigenvalue weighted by molar-refractivity contribution is -0.136. The number of rotatable bonds is 5. The van der Waals surface area contributed by atoms with Crippen LogP contribution < -0.4 is 16.0 Å². The van der Waals surface area contributed by atoms with Crippen LogP contribution in [0, 0.1) is 0 Å². The summed E-state index contributed by atoms with van der Waals surface area (Å²) < 4.78 is 0. The minimum atomic E-state index is -0.660. The van der Waals surface area contributed by atoms with E-state index in [1.165, 1.54) is 0 Å². The van der Waals surface area contributed by atoms with Gasteiger partial charge < -0.3 is 20.6 Å². The average molecular weight is 412 g/mol. The fourth-order valence-electron chi connectivity index (χ4n) is 5.55. The number of imide groups is 1. The SMILES string of the molecule is O=C1CCC(N2Cc3cc(CNCC4(O)C[C@H]5CC[C@@H](C4)N5)ccc3C2=O)C(=O)N1. The number of benzene rings is 1. The molecule has 0 saturated carbocycles. The van der Waals surface area contributed by atoms with Gasteiger partial charge in [0.15, 0.2) is 0 Å². The fourth-order valence-corrected chi connectivity index (χ4v) is 5.55. The molecular weight excluding hydrogens is 384 g/mol. The predicted molar refractivity (Wildman–Crippen MR) is 108 cm³/mol. The standard InChI is InChI=1S/C22H28N4O4/c27-19-6-5-18(20(28)25-19)26-11-14-7-13(1-4-17(14)21(26)29)10-23-12-22(30)8-15-2-3-16(9-22)24-15/h1,4,7,15-16,18,23-24,30H,2-3,5-6,8-12H2,(H,25,27,28)/t15-,16+,18?,22?. The Balaban J connectivity index is 1.20. The van der Waals surface area contributed by atoms with Crippen molar-refractivity contribution in [3.8, 4) is 0 Å². The van der Waals surface area contributed by atoms with E-state index in [1.54, 1.807) is 4.90 Å². The summed E-state index contributed by atoms with van der Waals surface area (Å²) in [6, 6.07) is 6.02. The first-order chi connectivity index (χ1) is 14.4. The minimum Gasteiger partial charge on any atom is -0.388 e. The Labute approximate surface area is 175 Å². The molecular formula is C22H28N4O4. The number of amides is 3. The first kappa shape index (κ1) is 19.7. The van der Waals surface area contributed by atoms with Gasteiger partial charge in [0.05, 0.1) is 5.60 Å². The van der Waals surface area contributed by atoms with E-state index >= 15 is 0 Å². The van der Waals surface area contributed by atoms with Crippen molar-refractivity contribution >= 4 is 17.7 Å². The van der Waals surface area contributed by atoms with E-state index in [-0.39, 0.29) is 18.2 Å². The molecule has 3 amide bonds. The molecule has 3 fully saturated rings. The van der Waals surface area contributed by atoms with Crippen molar-refractivity contribution in [3.63, 3.8) is 0 Å². The van der Waals surface area contributed by atoms with Gasteiger partial charge in [-0.25, -0.2) is 0 Å². The molecule has 4 aliphatic rings. The smallest absolute Gasteiger partial charge is 0.255 e. The number of carbonyl (C=O) groups excluding carboxylic acids is 3. The van der Waals surface area contributed by atoms with Crippen LogP contribution in [-0.4, -0.2) is 58.0 Å². The molecule has 8 nitrogen and oxygen atoms in total. The average Bonchev–Trinajstić information content (AvgIpc) is 3.21. The molecule has 160 valence electrons. The second-order valence-electron chi connectivity index (χ2n) is 9.27. The van der Waals surface area contributed by atoms with Gasteiger partial charge in [0.2, 0.25) is 11.8 Å². The van der Waals surface area contributed by atoms with Crippen molar-refractivity contribution in [2.45, 2.75) is 75.3 Å². The maximum atomic E-state index is 12.8. The molecule has 30 heavy (non-hydrogen) atoms. The van der Waals surface area contributed by atoms with Gasteiger partial charge in [-0.15, -0.1) is 0 Å². The Morgan fingerprint density at radius 2 is 1.90 bits per heavy atom. The fraction of sp³-hybridized carbons (Fsp3) is 0.591. The molecule has 5 rings (SSSR count). The highest BCUT2D eigenvalue weighted by Crippen LogP contribution is 2.33. The number of aliphatic hydroxyl groups is 1. The van der Waals surface area contributed by atoms with Crippen molar-refractivity contribution in [1.29, 1.82) is 0 Å². The van der Waals surface area contributed by atoms with E-state index in [1.807, 2.05) is 18.2 Å². The second-order valence-corrected chi connectivity index (χ2v) is 9.27. The van der Waals surface area contributed by atoms with Gasteiger partial charge in [0.25, 0.3) is 5.91 Å². The summed E-state index contributed by atoms with van der Waals surface area (Å²) >= 11 is 0. The highest BCUT2D eigenvalue weighted by atomic mass is 16.3. The van der Waals surface area contributed by atoms with Crippen molar-refractivity contribution in [2.75, 3.05) is 6.54 Å². The first-order valence-corrected chi connectivity index (χ1v) is 10.9. The zero-order valence-corrected chi connectivity index (χ0v) is 16.9. The van der Waals surface area contributed by atoms with Gasteiger partial charge in [-0.2, -0.15) is 0 Å². The molecule has 4 aliphatic heterocycles. The molecule has 4 atom stereocenters. The lowest BCUT2D eigenvalue weighted by atomic mass is 9.87. The summed E-state index contributed by atoms with van der Waals surface area (Å²) in [7, 11) is 0. The Hall–Kier alpha value is -2.29. The maximum Gasteiger partial charge on any atom is 0.255 e. The van der Waals surface area contributed by atoms with Gasteiger partial charge in [0, 0.05) is 43.7 Å².